The smallest absolute Gasteiger partial charge is 0.174 e. The van der Waals surface area contributed by atoms with Gasteiger partial charge in [-0.2, -0.15) is 0 Å². The Kier molecular flexibility index (Phi) is 6.26. The van der Waals surface area contributed by atoms with Crippen LogP contribution in [0.4, 0.5) is 5.69 Å². The van der Waals surface area contributed by atoms with Gasteiger partial charge >= 0.3 is 0 Å². The number of thiocarbonyl (C=S) groups is 1. The normalized spacial score (nSPS) is 17.8. The third-order valence-corrected chi connectivity index (χ3v) is 6.91. The molecule has 5 nitrogen and oxygen atoms in total. The van der Waals surface area contributed by atoms with Crippen LogP contribution in [0.15, 0.2) is 99.5 Å². The summed E-state index contributed by atoms with van der Waals surface area (Å²) in [5.41, 5.74) is 1.72. The highest BCUT2D eigenvalue weighted by atomic mass is 35.5. The molecule has 33 heavy (non-hydrogen) atoms. The van der Waals surface area contributed by atoms with Gasteiger partial charge in [-0.1, -0.05) is 47.6 Å². The number of hydrogen-bond acceptors (Lipinski definition) is 5. The summed E-state index contributed by atoms with van der Waals surface area (Å²) in [7, 11) is 1.59. The van der Waals surface area contributed by atoms with Crippen LogP contribution in [-0.2, 0) is 0 Å². The van der Waals surface area contributed by atoms with Crippen LogP contribution < -0.4 is 15.0 Å². The van der Waals surface area contributed by atoms with E-state index < -0.39 is 0 Å². The van der Waals surface area contributed by atoms with Gasteiger partial charge < -0.3 is 19.4 Å². The molecule has 2 atom stereocenters. The third-order valence-electron chi connectivity index (χ3n) is 5.37. The molecule has 0 bridgehead atoms. The van der Waals surface area contributed by atoms with E-state index in [0.717, 1.165) is 27.1 Å². The number of halogens is 1. The van der Waals surface area contributed by atoms with Crippen molar-refractivity contribution in [2.24, 2.45) is 0 Å². The number of furan rings is 1. The molecule has 0 spiro atoms. The Morgan fingerprint density at radius 1 is 1.06 bits per heavy atom. The van der Waals surface area contributed by atoms with Crippen molar-refractivity contribution in [1.82, 2.24) is 10.3 Å². The van der Waals surface area contributed by atoms with E-state index in [0.29, 0.717) is 15.9 Å². The fourth-order valence-electron chi connectivity index (χ4n) is 3.88. The first-order valence-corrected chi connectivity index (χ1v) is 11.9. The zero-order valence-electron chi connectivity index (χ0n) is 17.6. The highest BCUT2D eigenvalue weighted by molar-refractivity contribution is 7.99. The van der Waals surface area contributed by atoms with Crippen LogP contribution in [0.2, 0.25) is 5.02 Å². The van der Waals surface area contributed by atoms with Crippen LogP contribution >= 0.6 is 35.6 Å². The number of pyridine rings is 1. The van der Waals surface area contributed by atoms with Gasteiger partial charge in [0, 0.05) is 16.8 Å². The van der Waals surface area contributed by atoms with Gasteiger partial charge in [0.1, 0.15) is 17.6 Å². The molecule has 166 valence electrons. The minimum atomic E-state index is -0.248. The van der Waals surface area contributed by atoms with Crippen molar-refractivity contribution in [2.45, 2.75) is 22.1 Å². The highest BCUT2D eigenvalue weighted by Gasteiger charge is 2.42. The Balaban J connectivity index is 1.54. The molecule has 0 unspecified atom stereocenters. The lowest BCUT2D eigenvalue weighted by Gasteiger charge is -2.26. The summed E-state index contributed by atoms with van der Waals surface area (Å²) in [6, 6.07) is 25.2. The molecule has 1 fully saturated rings. The summed E-state index contributed by atoms with van der Waals surface area (Å²) in [5, 5.41) is 5.32. The molecule has 1 aliphatic heterocycles. The Hall–Kier alpha value is -3.00. The number of hydrogen-bond donors (Lipinski definition) is 1. The van der Waals surface area contributed by atoms with E-state index in [1.807, 2.05) is 71.6 Å². The molecule has 4 aromatic rings. The summed E-state index contributed by atoms with van der Waals surface area (Å²) in [5.74, 6) is 1.39. The SMILES string of the molecule is COc1ccc(N2C(=S)N[C@H](c3ccccn3)[C@H]2c2ccc(Sc3ccccc3)o2)cc1Cl. The maximum Gasteiger partial charge on any atom is 0.174 e. The topological polar surface area (TPSA) is 50.5 Å². The van der Waals surface area contributed by atoms with Gasteiger partial charge in [0.15, 0.2) is 10.2 Å². The Morgan fingerprint density at radius 3 is 2.61 bits per heavy atom. The van der Waals surface area contributed by atoms with Crippen molar-refractivity contribution in [2.75, 3.05) is 12.0 Å². The number of methoxy groups -OCH3 is 1. The Labute approximate surface area is 206 Å². The minimum absolute atomic E-state index is 0.194. The largest absolute Gasteiger partial charge is 0.495 e. The van der Waals surface area contributed by atoms with Crippen LogP contribution in [0, 0.1) is 0 Å². The van der Waals surface area contributed by atoms with Crippen LogP contribution in [0.5, 0.6) is 5.75 Å². The molecule has 3 heterocycles. The molecule has 2 aromatic heterocycles. The van der Waals surface area contributed by atoms with Crippen LogP contribution in [0.3, 0.4) is 0 Å². The van der Waals surface area contributed by atoms with Gasteiger partial charge in [-0.15, -0.1) is 0 Å². The summed E-state index contributed by atoms with van der Waals surface area (Å²) in [6.45, 7) is 0. The summed E-state index contributed by atoms with van der Waals surface area (Å²) in [6.07, 6.45) is 1.78. The average molecular weight is 494 g/mol. The maximum atomic E-state index is 6.44. The van der Waals surface area contributed by atoms with Crippen molar-refractivity contribution in [3.63, 3.8) is 0 Å². The van der Waals surface area contributed by atoms with E-state index in [1.54, 1.807) is 25.1 Å². The van der Waals surface area contributed by atoms with Crippen molar-refractivity contribution in [3.05, 3.63) is 102 Å². The fourth-order valence-corrected chi connectivity index (χ4v) is 5.28. The average Bonchev–Trinajstić information content (AvgIpc) is 3.44. The quantitative estimate of drug-likeness (QED) is 0.301. The van der Waals surface area contributed by atoms with Gasteiger partial charge in [-0.05, 0) is 66.8 Å². The van der Waals surface area contributed by atoms with E-state index in [4.69, 9.17) is 33.0 Å². The maximum absolute atomic E-state index is 6.44. The van der Waals surface area contributed by atoms with Gasteiger partial charge in [0.25, 0.3) is 0 Å². The first-order chi connectivity index (χ1) is 16.1. The van der Waals surface area contributed by atoms with Gasteiger partial charge in [0.05, 0.1) is 23.9 Å². The molecule has 1 N–H and O–H groups in total. The highest BCUT2D eigenvalue weighted by Crippen LogP contribution is 2.44. The summed E-state index contributed by atoms with van der Waals surface area (Å²) < 4.78 is 11.7. The second kappa shape index (κ2) is 9.47. The van der Waals surface area contributed by atoms with E-state index >= 15 is 0 Å². The Morgan fingerprint density at radius 2 is 1.88 bits per heavy atom. The number of benzene rings is 2. The summed E-state index contributed by atoms with van der Waals surface area (Å²) in [4.78, 5) is 7.71. The van der Waals surface area contributed by atoms with Crippen LogP contribution in [-0.4, -0.2) is 17.2 Å². The lowest BCUT2D eigenvalue weighted by atomic mass is 10.0. The number of rotatable bonds is 6. The molecule has 0 radical (unpaired) electrons. The molecule has 8 heteroatoms. The molecule has 5 rings (SSSR count). The Bertz CT molecular complexity index is 1270. The molecule has 2 aromatic carbocycles. The predicted molar refractivity (Wildman–Crippen MR) is 135 cm³/mol. The minimum Gasteiger partial charge on any atom is -0.495 e. The lowest BCUT2D eigenvalue weighted by molar-refractivity contribution is 0.383. The van der Waals surface area contributed by atoms with E-state index in [2.05, 4.69) is 22.4 Å². The monoisotopic (exact) mass is 493 g/mol. The van der Waals surface area contributed by atoms with Crippen molar-refractivity contribution in [1.29, 1.82) is 0 Å². The van der Waals surface area contributed by atoms with E-state index in [-0.39, 0.29) is 12.1 Å². The lowest BCUT2D eigenvalue weighted by Crippen LogP contribution is -2.29. The molecule has 1 saturated heterocycles. The van der Waals surface area contributed by atoms with Crippen LogP contribution in [0.25, 0.3) is 0 Å². The number of nitrogens with zero attached hydrogens (tertiary/aromatic N) is 2. The fraction of sp³-hybridized carbons (Fsp3) is 0.120. The standard InChI is InChI=1S/C25H20ClN3O2S2/c1-30-20-11-10-16(15-18(20)26)29-24(23(28-25(29)32)19-9-5-6-14-27-19)21-12-13-22(31-21)33-17-7-3-2-4-8-17/h2-15,23-24H,1H3,(H,28,32)/t23-,24-/m1/s1. The number of aromatic nitrogens is 1. The van der Waals surface area contributed by atoms with Crippen molar-refractivity contribution in [3.8, 4) is 5.75 Å². The molecular weight excluding hydrogens is 474 g/mol. The third kappa shape index (κ3) is 4.44. The van der Waals surface area contributed by atoms with Crippen molar-refractivity contribution < 1.29 is 9.15 Å². The van der Waals surface area contributed by atoms with Gasteiger partial charge in [-0.25, -0.2) is 0 Å². The first kappa shape index (κ1) is 21.8. The number of ether oxygens (including phenoxy) is 1. The predicted octanol–water partition coefficient (Wildman–Crippen LogP) is 6.66. The van der Waals surface area contributed by atoms with Gasteiger partial charge in [0.2, 0.25) is 0 Å². The summed E-state index contributed by atoms with van der Waals surface area (Å²) >= 11 is 13.8. The molecular formula is C25H20ClN3O2S2. The molecule has 0 aliphatic carbocycles. The zero-order chi connectivity index (χ0) is 22.8. The molecule has 1 aliphatic rings. The second-order valence-electron chi connectivity index (χ2n) is 7.39. The first-order valence-electron chi connectivity index (χ1n) is 10.3. The van der Waals surface area contributed by atoms with Crippen LogP contribution in [0.1, 0.15) is 23.5 Å². The molecule has 0 amide bonds. The van der Waals surface area contributed by atoms with E-state index in [1.165, 1.54) is 0 Å². The van der Waals surface area contributed by atoms with Gasteiger partial charge in [-0.3, -0.25) is 4.98 Å². The van der Waals surface area contributed by atoms with Crippen molar-refractivity contribution >= 4 is 46.4 Å². The second-order valence-corrected chi connectivity index (χ2v) is 9.26. The number of nitrogens with one attached hydrogen (secondary N) is 1. The number of anilines is 1. The molecule has 0 saturated carbocycles. The van der Waals surface area contributed by atoms with E-state index in [9.17, 15) is 0 Å². The zero-order valence-corrected chi connectivity index (χ0v) is 20.0.